The van der Waals surface area contributed by atoms with Gasteiger partial charge in [-0.25, -0.2) is 13.5 Å². The first-order valence-electron chi connectivity index (χ1n) is 6.82. The zero-order chi connectivity index (χ0) is 18.2. The molecule has 0 heterocycles. The second kappa shape index (κ2) is 9.35. The summed E-state index contributed by atoms with van der Waals surface area (Å²) in [5.41, 5.74) is 0.227. The molecule has 27 heavy (non-hydrogen) atoms. The molecular weight excluding hydrogens is 394 g/mol. The zero-order valence-corrected chi connectivity index (χ0v) is 19.2. The number of phenols is 3. The molecule has 0 spiro atoms. The Morgan fingerprint density at radius 2 is 1.56 bits per heavy atom. The van der Waals surface area contributed by atoms with Crippen LogP contribution in [0.25, 0.3) is 10.8 Å². The maximum absolute atomic E-state index is 11.1. The summed E-state index contributed by atoms with van der Waals surface area (Å²) < 4.78 is 33.4. The van der Waals surface area contributed by atoms with Gasteiger partial charge in [0.15, 0.2) is 0 Å². The van der Waals surface area contributed by atoms with Crippen LogP contribution in [0.1, 0.15) is 0 Å². The molecule has 0 radical (unpaired) electrons. The minimum absolute atomic E-state index is 0. The predicted octanol–water partition coefficient (Wildman–Crippen LogP) is -2.92. The van der Waals surface area contributed by atoms with Gasteiger partial charge in [-0.15, -0.1) is 11.5 Å². The van der Waals surface area contributed by atoms with Gasteiger partial charge in [0.25, 0.3) is 0 Å². The average Bonchev–Trinajstić information content (AvgIpc) is 2.53. The molecule has 8 nitrogen and oxygen atoms in total. The summed E-state index contributed by atoms with van der Waals surface area (Å²) in [5.74, 6) is -0.888. The number of hydrogen-bond donors (Lipinski definition) is 3. The number of rotatable bonds is 3. The van der Waals surface area contributed by atoms with E-state index >= 15 is 0 Å². The number of nitrogens with zero attached hydrogens (tertiary/aromatic N) is 2. The van der Waals surface area contributed by atoms with E-state index in [0.717, 1.165) is 18.2 Å². The quantitative estimate of drug-likeness (QED) is 0.185. The Morgan fingerprint density at radius 3 is 2.19 bits per heavy atom. The van der Waals surface area contributed by atoms with Crippen LogP contribution in [0.2, 0.25) is 0 Å². The number of azo groups is 1. The number of phenolic OH excluding ortho intramolecular Hbond substituents is 3. The van der Waals surface area contributed by atoms with E-state index in [4.69, 9.17) is 0 Å². The van der Waals surface area contributed by atoms with Crippen LogP contribution in [0.5, 0.6) is 17.2 Å². The molecule has 0 bridgehead atoms. The molecule has 0 aromatic heterocycles. The van der Waals surface area contributed by atoms with Crippen molar-refractivity contribution < 1.29 is 87.4 Å². The number of hydrogen-bond acceptors (Lipinski definition) is 8. The molecule has 0 unspecified atom stereocenters. The molecule has 3 N–H and O–H groups in total. The second-order valence-corrected chi connectivity index (χ2v) is 6.45. The number of fused-ring (bicyclic) bond motifs is 1. The Bertz CT molecular complexity index is 1120. The van der Waals surface area contributed by atoms with Crippen molar-refractivity contribution in [2.45, 2.75) is 4.90 Å². The second-order valence-electron chi connectivity index (χ2n) is 5.07. The van der Waals surface area contributed by atoms with Crippen LogP contribution in [-0.4, -0.2) is 28.3 Å². The van der Waals surface area contributed by atoms with Crippen LogP contribution in [0, 0.1) is 6.07 Å². The molecule has 0 fully saturated rings. The van der Waals surface area contributed by atoms with E-state index in [1.54, 1.807) is 0 Å². The normalized spacial score (nSPS) is 11.1. The fourth-order valence-electron chi connectivity index (χ4n) is 2.22. The summed E-state index contributed by atoms with van der Waals surface area (Å²) in [6, 6.07) is 11.2. The van der Waals surface area contributed by atoms with Crippen LogP contribution in [0.4, 0.5) is 11.4 Å². The van der Waals surface area contributed by atoms with Crippen molar-refractivity contribution >= 4 is 32.3 Å². The van der Waals surface area contributed by atoms with Crippen LogP contribution < -0.4 is 59.1 Å². The van der Waals surface area contributed by atoms with Crippen molar-refractivity contribution in [3.63, 3.8) is 0 Å². The molecule has 0 aliphatic carbocycles. The molecule has 11 heteroatoms. The summed E-state index contributed by atoms with van der Waals surface area (Å²) in [6.07, 6.45) is 0. The van der Waals surface area contributed by atoms with Crippen molar-refractivity contribution in [3.05, 3.63) is 48.5 Å². The standard InChI is InChI=1S/C16H11N2O6S.2Na/c19-10-4-5-12(14(20)7-10)17-18-13-3-1-2-9-6-11(25(22,23)24)8-15(21)16(9)13;;/h2-8,19-21H,(H,22,23,24);;/q-1;2*+1/p-1. The zero-order valence-electron chi connectivity index (χ0n) is 14.4. The van der Waals surface area contributed by atoms with Crippen molar-refractivity contribution in [2.75, 3.05) is 0 Å². The van der Waals surface area contributed by atoms with Gasteiger partial charge in [-0.1, -0.05) is 11.5 Å². The predicted molar refractivity (Wildman–Crippen MR) is 86.4 cm³/mol. The Balaban J connectivity index is 0.00000182. The molecule has 3 aromatic rings. The van der Waals surface area contributed by atoms with Crippen molar-refractivity contribution in [1.29, 1.82) is 0 Å². The molecule has 0 amide bonds. The summed E-state index contributed by atoms with van der Waals surface area (Å²) in [4.78, 5) is -0.573. The Labute approximate surface area is 198 Å². The van der Waals surface area contributed by atoms with E-state index in [2.05, 4.69) is 16.3 Å². The number of benzene rings is 3. The van der Waals surface area contributed by atoms with Gasteiger partial charge in [0.2, 0.25) is 0 Å². The van der Waals surface area contributed by atoms with Gasteiger partial charge in [0, 0.05) is 11.0 Å². The minimum atomic E-state index is -4.73. The van der Waals surface area contributed by atoms with E-state index in [1.807, 2.05) is 0 Å². The fourth-order valence-corrected chi connectivity index (χ4v) is 2.75. The molecule has 0 aliphatic rings. The topological polar surface area (TPSA) is 143 Å². The monoisotopic (exact) mass is 404 g/mol. The molecule has 128 valence electrons. The molecule has 0 saturated heterocycles. The van der Waals surface area contributed by atoms with Gasteiger partial charge in [-0.05, 0) is 23.9 Å². The van der Waals surface area contributed by atoms with E-state index in [-0.39, 0.29) is 92.8 Å². The maximum atomic E-state index is 11.1. The third-order valence-electron chi connectivity index (χ3n) is 3.35. The van der Waals surface area contributed by atoms with Gasteiger partial charge in [0.1, 0.15) is 33.1 Å². The number of aromatic hydroxyl groups is 3. The van der Waals surface area contributed by atoms with Gasteiger partial charge in [-0.2, -0.15) is 17.2 Å². The first-order valence-corrected chi connectivity index (χ1v) is 8.23. The molecule has 0 saturated carbocycles. The molecule has 0 aliphatic heterocycles. The maximum Gasteiger partial charge on any atom is 1.00 e. The minimum Gasteiger partial charge on any atom is -0.744 e. The molecule has 3 aromatic carbocycles. The Kier molecular flexibility index (Phi) is 8.27. The van der Waals surface area contributed by atoms with Gasteiger partial charge in [0.05, 0.1) is 0 Å². The Morgan fingerprint density at radius 1 is 0.889 bits per heavy atom. The van der Waals surface area contributed by atoms with E-state index < -0.39 is 20.8 Å². The molecular formula is C16H10N2Na2O6S. The Hall–Kier alpha value is -1.17. The summed E-state index contributed by atoms with van der Waals surface area (Å²) in [5, 5.41) is 37.2. The average molecular weight is 404 g/mol. The van der Waals surface area contributed by atoms with E-state index in [9.17, 15) is 28.3 Å². The third kappa shape index (κ3) is 5.43. The van der Waals surface area contributed by atoms with Gasteiger partial charge in [-0.3, -0.25) is 0 Å². The summed E-state index contributed by atoms with van der Waals surface area (Å²) >= 11 is 0. The van der Waals surface area contributed by atoms with Gasteiger partial charge < -0.3 is 19.9 Å². The van der Waals surface area contributed by atoms with E-state index in [0.29, 0.717) is 0 Å². The van der Waals surface area contributed by atoms with Crippen molar-refractivity contribution in [2.24, 2.45) is 10.2 Å². The first kappa shape index (κ1) is 23.9. The van der Waals surface area contributed by atoms with Crippen molar-refractivity contribution in [3.8, 4) is 17.2 Å². The smallest absolute Gasteiger partial charge is 0.744 e. The van der Waals surface area contributed by atoms with Crippen LogP contribution in [-0.2, 0) is 10.1 Å². The van der Waals surface area contributed by atoms with Crippen LogP contribution in [0.3, 0.4) is 0 Å². The SMILES string of the molecule is O=S(=O)([O-])c1cc(O)c2c(N=Nc3ccc(O)cc3O)c[c-]cc2c1.[Na+].[Na+]. The summed E-state index contributed by atoms with van der Waals surface area (Å²) in [6.45, 7) is 0. The van der Waals surface area contributed by atoms with Crippen molar-refractivity contribution in [1.82, 2.24) is 0 Å². The molecule has 3 rings (SSSR count). The first-order chi connectivity index (χ1) is 11.8. The van der Waals surface area contributed by atoms with Crippen LogP contribution in [0.15, 0.2) is 57.6 Å². The summed E-state index contributed by atoms with van der Waals surface area (Å²) in [7, 11) is -4.73. The fraction of sp³-hybridized carbons (Fsp3) is 0. The van der Waals surface area contributed by atoms with E-state index in [1.165, 1.54) is 24.3 Å². The molecule has 0 atom stereocenters. The van der Waals surface area contributed by atoms with Gasteiger partial charge >= 0.3 is 59.1 Å². The largest absolute Gasteiger partial charge is 1.00 e. The van der Waals surface area contributed by atoms with Crippen LogP contribution >= 0.6 is 0 Å². The third-order valence-corrected chi connectivity index (χ3v) is 4.16.